The molecule has 0 aliphatic carbocycles. The minimum absolute atomic E-state index is 0.0468. The van der Waals surface area contributed by atoms with Crippen LogP contribution in [-0.2, 0) is 0 Å². The Morgan fingerprint density at radius 2 is 2.06 bits per heavy atom. The molecule has 5 heteroatoms. The van der Waals surface area contributed by atoms with Crippen molar-refractivity contribution in [3.05, 3.63) is 28.2 Å². The summed E-state index contributed by atoms with van der Waals surface area (Å²) in [7, 11) is 0. The molecular weight excluding hydrogens is 284 g/mol. The molecule has 0 saturated carbocycles. The van der Waals surface area contributed by atoms with E-state index in [1.54, 1.807) is 6.07 Å². The Morgan fingerprint density at radius 1 is 1.29 bits per heavy atom. The number of amides is 1. The van der Waals surface area contributed by atoms with Crippen LogP contribution in [0.5, 0.6) is 5.75 Å². The number of nitrogens with one attached hydrogen (secondary N) is 2. The van der Waals surface area contributed by atoms with Crippen LogP contribution in [0.2, 0.25) is 0 Å². The first kappa shape index (κ1) is 11.0. The minimum atomic E-state index is -0.511. The van der Waals surface area contributed by atoms with E-state index in [9.17, 15) is 4.79 Å². The molecule has 2 heterocycles. The third-order valence-corrected chi connectivity index (χ3v) is 3.74. The first-order valence-electron chi connectivity index (χ1n) is 5.70. The first-order chi connectivity index (χ1) is 8.19. The average molecular weight is 297 g/mol. The molecule has 1 spiro atoms. The molecule has 4 nitrogen and oxygen atoms in total. The monoisotopic (exact) mass is 296 g/mol. The highest BCUT2D eigenvalue weighted by Crippen LogP contribution is 2.33. The van der Waals surface area contributed by atoms with Gasteiger partial charge in [-0.1, -0.05) is 15.9 Å². The summed E-state index contributed by atoms with van der Waals surface area (Å²) in [6, 6.07) is 5.53. The molecule has 2 aliphatic rings. The number of hydrogen-bond acceptors (Lipinski definition) is 3. The average Bonchev–Trinajstić information content (AvgIpc) is 2.31. The summed E-state index contributed by atoms with van der Waals surface area (Å²) in [6.45, 7) is 1.73. The van der Waals surface area contributed by atoms with Crippen molar-refractivity contribution < 1.29 is 9.53 Å². The normalized spacial score (nSPS) is 21.6. The highest BCUT2D eigenvalue weighted by molar-refractivity contribution is 9.10. The number of carbonyl (C=O) groups excluding carboxylic acids is 1. The van der Waals surface area contributed by atoms with Crippen LogP contribution in [-0.4, -0.2) is 24.7 Å². The summed E-state index contributed by atoms with van der Waals surface area (Å²) >= 11 is 3.36. The van der Waals surface area contributed by atoms with Gasteiger partial charge in [0.25, 0.3) is 5.91 Å². The van der Waals surface area contributed by atoms with Crippen molar-refractivity contribution in [2.45, 2.75) is 18.6 Å². The van der Waals surface area contributed by atoms with E-state index in [4.69, 9.17) is 4.74 Å². The second-order valence-electron chi connectivity index (χ2n) is 4.44. The molecule has 1 aromatic carbocycles. The van der Waals surface area contributed by atoms with Gasteiger partial charge in [0, 0.05) is 30.4 Å². The molecule has 1 aromatic rings. The Hall–Kier alpha value is -1.07. The standard InChI is InChI=1S/C12H13BrN2O2/c13-8-1-2-10-9(7-8)11(16)15-12(17-10)3-5-14-6-4-12/h1-2,7,14H,3-6H2,(H,15,16). The Balaban J connectivity index is 1.97. The van der Waals surface area contributed by atoms with Crippen LogP contribution >= 0.6 is 15.9 Å². The second kappa shape index (κ2) is 3.99. The van der Waals surface area contributed by atoms with E-state index in [1.165, 1.54) is 0 Å². The summed E-state index contributed by atoms with van der Waals surface area (Å²) < 4.78 is 6.88. The lowest BCUT2D eigenvalue weighted by molar-refractivity contribution is -0.00354. The third kappa shape index (κ3) is 1.93. The lowest BCUT2D eigenvalue weighted by Gasteiger charge is -2.41. The zero-order chi connectivity index (χ0) is 11.9. The van der Waals surface area contributed by atoms with Crippen molar-refractivity contribution in [1.29, 1.82) is 0 Å². The molecule has 0 unspecified atom stereocenters. The number of piperidine rings is 1. The molecule has 1 fully saturated rings. The maximum Gasteiger partial charge on any atom is 0.258 e. The van der Waals surface area contributed by atoms with Crippen LogP contribution in [0, 0.1) is 0 Å². The predicted molar refractivity (Wildman–Crippen MR) is 67.1 cm³/mol. The highest BCUT2D eigenvalue weighted by atomic mass is 79.9. The molecule has 90 valence electrons. The second-order valence-corrected chi connectivity index (χ2v) is 5.36. The molecular formula is C12H13BrN2O2. The van der Waals surface area contributed by atoms with Gasteiger partial charge in [0.2, 0.25) is 0 Å². The van der Waals surface area contributed by atoms with Gasteiger partial charge in [0.05, 0.1) is 5.56 Å². The maximum absolute atomic E-state index is 12.1. The number of ether oxygens (including phenoxy) is 1. The van der Waals surface area contributed by atoms with E-state index in [1.807, 2.05) is 12.1 Å². The van der Waals surface area contributed by atoms with E-state index in [-0.39, 0.29) is 5.91 Å². The van der Waals surface area contributed by atoms with E-state index in [2.05, 4.69) is 26.6 Å². The fraction of sp³-hybridized carbons (Fsp3) is 0.417. The van der Waals surface area contributed by atoms with Gasteiger partial charge in [-0.25, -0.2) is 0 Å². The number of halogens is 1. The van der Waals surface area contributed by atoms with Crippen molar-refractivity contribution >= 4 is 21.8 Å². The van der Waals surface area contributed by atoms with Gasteiger partial charge in [-0.05, 0) is 18.2 Å². The zero-order valence-corrected chi connectivity index (χ0v) is 10.8. The molecule has 0 atom stereocenters. The van der Waals surface area contributed by atoms with Gasteiger partial charge in [-0.2, -0.15) is 0 Å². The number of benzene rings is 1. The van der Waals surface area contributed by atoms with E-state index in [0.29, 0.717) is 11.3 Å². The van der Waals surface area contributed by atoms with Crippen molar-refractivity contribution in [1.82, 2.24) is 10.6 Å². The summed E-state index contributed by atoms with van der Waals surface area (Å²) in [5, 5.41) is 6.26. The van der Waals surface area contributed by atoms with Gasteiger partial charge < -0.3 is 15.4 Å². The molecule has 0 bridgehead atoms. The summed E-state index contributed by atoms with van der Waals surface area (Å²) in [6.07, 6.45) is 1.60. The van der Waals surface area contributed by atoms with Crippen molar-refractivity contribution in [2.75, 3.05) is 13.1 Å². The van der Waals surface area contributed by atoms with Crippen molar-refractivity contribution in [3.63, 3.8) is 0 Å². The lowest BCUT2D eigenvalue weighted by atomic mass is 9.98. The summed E-state index contributed by atoms with van der Waals surface area (Å²) in [5.41, 5.74) is 0.0897. The quantitative estimate of drug-likeness (QED) is 0.765. The molecule has 2 aliphatic heterocycles. The van der Waals surface area contributed by atoms with E-state index < -0.39 is 5.72 Å². The first-order valence-corrected chi connectivity index (χ1v) is 6.50. The predicted octanol–water partition coefficient (Wildman–Crippen LogP) is 1.65. The molecule has 3 rings (SSSR count). The zero-order valence-electron chi connectivity index (χ0n) is 9.25. The summed E-state index contributed by atoms with van der Waals surface area (Å²) in [4.78, 5) is 12.1. The van der Waals surface area contributed by atoms with E-state index >= 15 is 0 Å². The van der Waals surface area contributed by atoms with Crippen LogP contribution in [0.25, 0.3) is 0 Å². The molecule has 0 radical (unpaired) electrons. The van der Waals surface area contributed by atoms with Crippen LogP contribution in [0.4, 0.5) is 0 Å². The number of hydrogen-bond donors (Lipinski definition) is 2. The smallest absolute Gasteiger partial charge is 0.258 e. The Kier molecular flexibility index (Phi) is 2.60. The van der Waals surface area contributed by atoms with Crippen LogP contribution < -0.4 is 15.4 Å². The van der Waals surface area contributed by atoms with Crippen LogP contribution in [0.3, 0.4) is 0 Å². The van der Waals surface area contributed by atoms with Crippen LogP contribution in [0.1, 0.15) is 23.2 Å². The molecule has 0 aromatic heterocycles. The fourth-order valence-corrected chi connectivity index (χ4v) is 2.70. The van der Waals surface area contributed by atoms with Gasteiger partial charge in [-0.15, -0.1) is 0 Å². The summed E-state index contributed by atoms with van der Waals surface area (Å²) in [5.74, 6) is 0.633. The van der Waals surface area contributed by atoms with Crippen molar-refractivity contribution in [3.8, 4) is 5.75 Å². The minimum Gasteiger partial charge on any atom is -0.467 e. The number of rotatable bonds is 0. The topological polar surface area (TPSA) is 50.4 Å². The number of fused-ring (bicyclic) bond motifs is 1. The SMILES string of the molecule is O=C1NC2(CCNCC2)Oc2ccc(Br)cc21. The Morgan fingerprint density at radius 3 is 2.82 bits per heavy atom. The van der Waals surface area contributed by atoms with Gasteiger partial charge >= 0.3 is 0 Å². The lowest BCUT2D eigenvalue weighted by Crippen LogP contribution is -2.60. The molecule has 1 saturated heterocycles. The van der Waals surface area contributed by atoms with Gasteiger partial charge in [0.15, 0.2) is 5.72 Å². The number of carbonyl (C=O) groups is 1. The maximum atomic E-state index is 12.1. The van der Waals surface area contributed by atoms with Gasteiger partial charge in [0.1, 0.15) is 5.75 Å². The Labute approximate surface area is 108 Å². The molecule has 2 N–H and O–H groups in total. The van der Waals surface area contributed by atoms with Gasteiger partial charge in [-0.3, -0.25) is 4.79 Å². The molecule has 17 heavy (non-hydrogen) atoms. The van der Waals surface area contributed by atoms with Crippen molar-refractivity contribution in [2.24, 2.45) is 0 Å². The largest absolute Gasteiger partial charge is 0.467 e. The van der Waals surface area contributed by atoms with E-state index in [0.717, 1.165) is 30.4 Å². The Bertz CT molecular complexity index is 470. The third-order valence-electron chi connectivity index (χ3n) is 3.24. The highest BCUT2D eigenvalue weighted by Gasteiger charge is 2.40. The fourth-order valence-electron chi connectivity index (χ4n) is 2.34. The molecule has 1 amide bonds. The van der Waals surface area contributed by atoms with Crippen LogP contribution in [0.15, 0.2) is 22.7 Å².